The first-order valence-electron chi connectivity index (χ1n) is 3.48. The summed E-state index contributed by atoms with van der Waals surface area (Å²) in [6.45, 7) is 5.53. The lowest BCUT2D eigenvalue weighted by atomic mass is 10.1. The molecule has 60 valence electrons. The number of carbonyl (C=O) groups is 1. The highest BCUT2D eigenvalue weighted by Crippen LogP contribution is 1.98. The maximum atomic E-state index is 10.6. The molecule has 3 nitrogen and oxygen atoms in total. The Bertz CT molecular complexity index is 112. The fourth-order valence-corrected chi connectivity index (χ4v) is 0.466. The van der Waals surface area contributed by atoms with Gasteiger partial charge in [0.15, 0.2) is 0 Å². The van der Waals surface area contributed by atoms with Crippen LogP contribution in [0.3, 0.4) is 0 Å². The second kappa shape index (κ2) is 4.28. The van der Waals surface area contributed by atoms with Crippen LogP contribution in [-0.4, -0.2) is 23.7 Å². The minimum atomic E-state index is -0.420. The van der Waals surface area contributed by atoms with Gasteiger partial charge in [-0.05, 0) is 12.8 Å². The van der Waals surface area contributed by atoms with E-state index in [9.17, 15) is 4.79 Å². The maximum absolute atomic E-state index is 10.6. The molecule has 1 amide bonds. The molecule has 0 saturated carbocycles. The predicted octanol–water partition coefficient (Wildman–Crippen LogP) is 0.139. The Hall–Kier alpha value is -0.570. The van der Waals surface area contributed by atoms with Crippen LogP contribution in [0.1, 0.15) is 20.8 Å². The summed E-state index contributed by atoms with van der Waals surface area (Å²) < 4.78 is 0. The van der Waals surface area contributed by atoms with Gasteiger partial charge >= 0.3 is 0 Å². The average Bonchev–Trinajstić information content (AvgIpc) is 1.87. The molecule has 0 radical (unpaired) electrons. The van der Waals surface area contributed by atoms with E-state index in [0.29, 0.717) is 5.92 Å². The monoisotopic (exact) mass is 145 g/mol. The van der Waals surface area contributed by atoms with Crippen LogP contribution in [0.15, 0.2) is 0 Å². The van der Waals surface area contributed by atoms with Gasteiger partial charge in [-0.25, -0.2) is 0 Å². The Balaban J connectivity index is 3.57. The van der Waals surface area contributed by atoms with Crippen molar-refractivity contribution in [3.63, 3.8) is 0 Å². The summed E-state index contributed by atoms with van der Waals surface area (Å²) in [5.74, 6) is 0.108. The van der Waals surface area contributed by atoms with Crippen LogP contribution in [-0.2, 0) is 4.79 Å². The Morgan fingerprint density at radius 1 is 1.50 bits per heavy atom. The molecule has 0 saturated heterocycles. The summed E-state index contributed by atoms with van der Waals surface area (Å²) >= 11 is 0. The third-order valence-electron chi connectivity index (χ3n) is 1.53. The average molecular weight is 145 g/mol. The maximum Gasteiger partial charge on any atom is 0.245 e. The zero-order valence-corrected chi connectivity index (χ0v) is 6.72. The van der Waals surface area contributed by atoms with Gasteiger partial charge in [-0.15, -0.1) is 0 Å². The first-order chi connectivity index (χ1) is 4.57. The highest BCUT2D eigenvalue weighted by atomic mass is 16.3. The number of amides is 1. The third-order valence-corrected chi connectivity index (χ3v) is 1.53. The smallest absolute Gasteiger partial charge is 0.245 e. The molecule has 0 aliphatic rings. The van der Waals surface area contributed by atoms with Gasteiger partial charge in [-0.3, -0.25) is 4.79 Å². The van der Waals surface area contributed by atoms with Gasteiger partial charge < -0.3 is 10.4 Å². The zero-order chi connectivity index (χ0) is 8.15. The van der Waals surface area contributed by atoms with Crippen LogP contribution in [0.5, 0.6) is 0 Å². The first kappa shape index (κ1) is 9.43. The van der Waals surface area contributed by atoms with Crippen molar-refractivity contribution in [2.75, 3.05) is 6.61 Å². The van der Waals surface area contributed by atoms with Gasteiger partial charge in [0.05, 0.1) is 0 Å². The number of rotatable bonds is 3. The molecular weight excluding hydrogens is 130 g/mol. The molecular formula is C7H15NO2. The Labute approximate surface area is 61.4 Å². The molecule has 0 aromatic heterocycles. The third kappa shape index (κ3) is 3.45. The molecule has 0 rings (SSSR count). The molecule has 10 heavy (non-hydrogen) atoms. The summed E-state index contributed by atoms with van der Waals surface area (Å²) in [6, 6.07) is 0.139. The van der Waals surface area contributed by atoms with Crippen LogP contribution in [0.2, 0.25) is 0 Å². The first-order valence-corrected chi connectivity index (χ1v) is 3.48. The molecule has 0 spiro atoms. The molecule has 0 aromatic carbocycles. The molecule has 1 unspecified atom stereocenters. The van der Waals surface area contributed by atoms with Crippen molar-refractivity contribution in [2.45, 2.75) is 26.8 Å². The van der Waals surface area contributed by atoms with E-state index in [1.54, 1.807) is 0 Å². The molecule has 0 heterocycles. The molecule has 1 atom stereocenters. The Morgan fingerprint density at radius 3 is 2.30 bits per heavy atom. The highest BCUT2D eigenvalue weighted by Gasteiger charge is 2.08. The van der Waals surface area contributed by atoms with Crippen LogP contribution in [0.4, 0.5) is 0 Å². The number of aliphatic hydroxyl groups is 1. The molecule has 0 fully saturated rings. The van der Waals surface area contributed by atoms with Gasteiger partial charge in [-0.1, -0.05) is 13.8 Å². The molecule has 0 bridgehead atoms. The number of hydrogen-bond donors (Lipinski definition) is 2. The van der Waals surface area contributed by atoms with Crippen molar-refractivity contribution in [1.29, 1.82) is 0 Å². The summed E-state index contributed by atoms with van der Waals surface area (Å²) in [5, 5.41) is 11.0. The van der Waals surface area contributed by atoms with E-state index >= 15 is 0 Å². The van der Waals surface area contributed by atoms with Crippen LogP contribution in [0.25, 0.3) is 0 Å². The number of aliphatic hydroxyl groups excluding tert-OH is 1. The second-order valence-corrected chi connectivity index (χ2v) is 2.76. The van der Waals surface area contributed by atoms with E-state index in [0.717, 1.165) is 0 Å². The SMILES string of the molecule is CC(C)C(C)NC(=O)CO. The van der Waals surface area contributed by atoms with Crippen molar-refractivity contribution < 1.29 is 9.90 Å². The lowest BCUT2D eigenvalue weighted by Gasteiger charge is -2.16. The quantitative estimate of drug-likeness (QED) is 0.593. The summed E-state index contributed by atoms with van der Waals surface area (Å²) in [7, 11) is 0. The van der Waals surface area contributed by atoms with E-state index in [4.69, 9.17) is 5.11 Å². The standard InChI is InChI=1S/C7H15NO2/c1-5(2)6(3)8-7(10)4-9/h5-6,9H,4H2,1-3H3,(H,8,10). The largest absolute Gasteiger partial charge is 0.387 e. The second-order valence-electron chi connectivity index (χ2n) is 2.76. The van der Waals surface area contributed by atoms with Gasteiger partial charge in [0.25, 0.3) is 0 Å². The summed E-state index contributed by atoms with van der Waals surface area (Å²) in [5.41, 5.74) is 0. The van der Waals surface area contributed by atoms with E-state index in [2.05, 4.69) is 5.32 Å². The van der Waals surface area contributed by atoms with E-state index < -0.39 is 6.61 Å². The summed E-state index contributed by atoms with van der Waals surface area (Å²) in [6.07, 6.45) is 0. The van der Waals surface area contributed by atoms with Gasteiger partial charge in [0.2, 0.25) is 5.91 Å². The van der Waals surface area contributed by atoms with Gasteiger partial charge in [0, 0.05) is 6.04 Å². The molecule has 0 aromatic rings. The van der Waals surface area contributed by atoms with Crippen molar-refractivity contribution >= 4 is 5.91 Å². The lowest BCUT2D eigenvalue weighted by Crippen LogP contribution is -2.37. The van der Waals surface area contributed by atoms with Crippen molar-refractivity contribution in [3.8, 4) is 0 Å². The molecule has 0 aliphatic heterocycles. The van der Waals surface area contributed by atoms with Crippen molar-refractivity contribution in [1.82, 2.24) is 5.32 Å². The topological polar surface area (TPSA) is 49.3 Å². The van der Waals surface area contributed by atoms with E-state index in [-0.39, 0.29) is 11.9 Å². The minimum absolute atomic E-state index is 0.139. The van der Waals surface area contributed by atoms with Gasteiger partial charge in [-0.2, -0.15) is 0 Å². The number of nitrogens with one attached hydrogen (secondary N) is 1. The molecule has 0 aliphatic carbocycles. The van der Waals surface area contributed by atoms with E-state index in [1.165, 1.54) is 0 Å². The predicted molar refractivity (Wildman–Crippen MR) is 39.5 cm³/mol. The summed E-state index contributed by atoms with van der Waals surface area (Å²) in [4.78, 5) is 10.6. The fraction of sp³-hybridized carbons (Fsp3) is 0.857. The zero-order valence-electron chi connectivity index (χ0n) is 6.72. The van der Waals surface area contributed by atoms with Gasteiger partial charge in [0.1, 0.15) is 6.61 Å². The Kier molecular flexibility index (Phi) is 4.03. The molecule has 3 heteroatoms. The van der Waals surface area contributed by atoms with Crippen LogP contribution >= 0.6 is 0 Å². The fourth-order valence-electron chi connectivity index (χ4n) is 0.466. The lowest BCUT2D eigenvalue weighted by molar-refractivity contribution is -0.124. The number of hydrogen-bond acceptors (Lipinski definition) is 2. The number of carbonyl (C=O) groups excluding carboxylic acids is 1. The minimum Gasteiger partial charge on any atom is -0.387 e. The van der Waals surface area contributed by atoms with Crippen molar-refractivity contribution in [2.24, 2.45) is 5.92 Å². The molecule has 2 N–H and O–H groups in total. The van der Waals surface area contributed by atoms with Crippen LogP contribution in [0, 0.1) is 5.92 Å². The van der Waals surface area contributed by atoms with E-state index in [1.807, 2.05) is 20.8 Å². The Morgan fingerprint density at radius 2 is 2.00 bits per heavy atom. The van der Waals surface area contributed by atoms with Crippen LogP contribution < -0.4 is 5.32 Å². The van der Waals surface area contributed by atoms with Crippen molar-refractivity contribution in [3.05, 3.63) is 0 Å². The highest BCUT2D eigenvalue weighted by molar-refractivity contribution is 5.77. The normalized spacial score (nSPS) is 13.3.